The molecule has 1 aromatic heterocycles. The summed E-state index contributed by atoms with van der Waals surface area (Å²) in [4.78, 5) is 29.8. The number of aryl methyl sites for hydroxylation is 1. The van der Waals surface area contributed by atoms with Gasteiger partial charge in [0.15, 0.2) is 6.61 Å². The first kappa shape index (κ1) is 12.6. The van der Waals surface area contributed by atoms with Crippen molar-refractivity contribution >= 4 is 11.9 Å². The summed E-state index contributed by atoms with van der Waals surface area (Å²) in [5.41, 5.74) is 2.76. The van der Waals surface area contributed by atoms with Gasteiger partial charge in [0, 0.05) is 0 Å². The summed E-state index contributed by atoms with van der Waals surface area (Å²) >= 11 is 0. The molecule has 0 unspecified atom stereocenters. The summed E-state index contributed by atoms with van der Waals surface area (Å²) in [7, 11) is 0. The quantitative estimate of drug-likeness (QED) is 0.710. The van der Waals surface area contributed by atoms with Crippen LogP contribution in [0.15, 0.2) is 12.1 Å². The average Bonchev–Trinajstić information content (AvgIpc) is 2.28. The van der Waals surface area contributed by atoms with E-state index in [1.165, 1.54) is 12.1 Å². The maximum atomic E-state index is 11.4. The van der Waals surface area contributed by atoms with Crippen molar-refractivity contribution in [1.29, 1.82) is 5.26 Å². The maximum absolute atomic E-state index is 11.4. The van der Waals surface area contributed by atoms with E-state index < -0.39 is 18.5 Å². The molecule has 0 fully saturated rings. The molecule has 1 amide bonds. The molecule has 0 spiro atoms. The summed E-state index contributed by atoms with van der Waals surface area (Å²) in [6.45, 7) is 0.953. The van der Waals surface area contributed by atoms with Gasteiger partial charge in [0.1, 0.15) is 11.8 Å². The van der Waals surface area contributed by atoms with E-state index in [4.69, 9.17) is 10.4 Å². The second kappa shape index (κ2) is 5.58. The van der Waals surface area contributed by atoms with Crippen molar-refractivity contribution < 1.29 is 19.5 Å². The Bertz CT molecular complexity index is 493. The third-order valence-corrected chi connectivity index (χ3v) is 1.80. The highest BCUT2D eigenvalue weighted by Crippen LogP contribution is 2.05. The van der Waals surface area contributed by atoms with Gasteiger partial charge in [0.25, 0.3) is 5.91 Å². The molecule has 0 bridgehead atoms. The Labute approximate surface area is 96.6 Å². The number of carbonyl (C=O) groups is 2. The van der Waals surface area contributed by atoms with Gasteiger partial charge in [-0.3, -0.25) is 9.63 Å². The predicted octanol–water partition coefficient (Wildman–Crippen LogP) is 0.00770. The number of hydrogen-bond donors (Lipinski definition) is 2. The molecule has 0 saturated heterocycles. The number of carboxylic acids is 1. The number of pyridine rings is 1. The lowest BCUT2D eigenvalue weighted by atomic mass is 10.2. The number of hydroxylamine groups is 1. The van der Waals surface area contributed by atoms with Crippen LogP contribution in [0.3, 0.4) is 0 Å². The van der Waals surface area contributed by atoms with Crippen LogP contribution in [0, 0.1) is 18.3 Å². The zero-order valence-corrected chi connectivity index (χ0v) is 8.93. The lowest BCUT2D eigenvalue weighted by Crippen LogP contribution is -2.27. The molecule has 88 valence electrons. The lowest BCUT2D eigenvalue weighted by molar-refractivity contribution is -0.144. The topological polar surface area (TPSA) is 112 Å². The van der Waals surface area contributed by atoms with Gasteiger partial charge in [0.2, 0.25) is 0 Å². The number of rotatable bonds is 4. The Morgan fingerprint density at radius 2 is 2.29 bits per heavy atom. The summed E-state index contributed by atoms with van der Waals surface area (Å²) < 4.78 is 0. The van der Waals surface area contributed by atoms with Crippen molar-refractivity contribution in [3.63, 3.8) is 0 Å². The van der Waals surface area contributed by atoms with Crippen LogP contribution in [0.25, 0.3) is 0 Å². The van der Waals surface area contributed by atoms with E-state index >= 15 is 0 Å². The van der Waals surface area contributed by atoms with Gasteiger partial charge in [-0.25, -0.2) is 15.3 Å². The summed E-state index contributed by atoms with van der Waals surface area (Å²) in [5, 5.41) is 17.0. The molecule has 0 aliphatic rings. The van der Waals surface area contributed by atoms with Gasteiger partial charge in [-0.15, -0.1) is 0 Å². The van der Waals surface area contributed by atoms with Crippen molar-refractivity contribution in [1.82, 2.24) is 10.5 Å². The fourth-order valence-electron chi connectivity index (χ4n) is 1.02. The second-order valence-corrected chi connectivity index (χ2v) is 3.05. The molecule has 0 aliphatic carbocycles. The fourth-order valence-corrected chi connectivity index (χ4v) is 1.02. The van der Waals surface area contributed by atoms with E-state index in [-0.39, 0.29) is 5.69 Å². The lowest BCUT2D eigenvalue weighted by Gasteiger charge is -2.04. The van der Waals surface area contributed by atoms with Gasteiger partial charge >= 0.3 is 5.97 Å². The molecule has 7 heteroatoms. The van der Waals surface area contributed by atoms with Gasteiger partial charge in [-0.2, -0.15) is 5.26 Å². The Balaban J connectivity index is 2.67. The molecule has 1 rings (SSSR count). The molecule has 1 heterocycles. The van der Waals surface area contributed by atoms with Crippen LogP contribution in [0.5, 0.6) is 0 Å². The van der Waals surface area contributed by atoms with E-state index in [9.17, 15) is 9.59 Å². The minimum Gasteiger partial charge on any atom is -0.479 e. The first-order valence-corrected chi connectivity index (χ1v) is 4.56. The molecular formula is C10H9N3O4. The van der Waals surface area contributed by atoms with Crippen LogP contribution in [0.1, 0.15) is 21.7 Å². The van der Waals surface area contributed by atoms with Crippen molar-refractivity contribution in [2.75, 3.05) is 6.61 Å². The standard InChI is InChI=1S/C10H9N3O4/c1-6-7(4-11)2-3-8(12-6)10(16)13-17-5-9(14)15/h2-3H,5H2,1H3,(H,13,16)(H,14,15). The molecular weight excluding hydrogens is 226 g/mol. The normalized spacial score (nSPS) is 9.41. The number of nitrogens with one attached hydrogen (secondary N) is 1. The van der Waals surface area contributed by atoms with E-state index in [1.54, 1.807) is 6.92 Å². The highest BCUT2D eigenvalue weighted by Gasteiger charge is 2.10. The molecule has 0 atom stereocenters. The highest BCUT2D eigenvalue weighted by atomic mass is 16.7. The highest BCUT2D eigenvalue weighted by molar-refractivity contribution is 5.91. The van der Waals surface area contributed by atoms with E-state index in [0.717, 1.165) is 0 Å². The van der Waals surface area contributed by atoms with Gasteiger partial charge in [0.05, 0.1) is 11.3 Å². The molecule has 2 N–H and O–H groups in total. The number of nitriles is 1. The second-order valence-electron chi connectivity index (χ2n) is 3.05. The van der Waals surface area contributed by atoms with E-state index in [1.807, 2.05) is 11.5 Å². The van der Waals surface area contributed by atoms with Gasteiger partial charge in [-0.05, 0) is 19.1 Å². The number of aliphatic carboxylic acids is 1. The van der Waals surface area contributed by atoms with Gasteiger partial charge in [-0.1, -0.05) is 0 Å². The Morgan fingerprint density at radius 3 is 2.82 bits per heavy atom. The van der Waals surface area contributed by atoms with Crippen LogP contribution in [-0.2, 0) is 9.63 Å². The number of aromatic nitrogens is 1. The Morgan fingerprint density at radius 1 is 1.59 bits per heavy atom. The van der Waals surface area contributed by atoms with Crippen LogP contribution in [-0.4, -0.2) is 28.6 Å². The van der Waals surface area contributed by atoms with Gasteiger partial charge < -0.3 is 5.11 Å². The predicted molar refractivity (Wildman–Crippen MR) is 54.7 cm³/mol. The van der Waals surface area contributed by atoms with Crippen molar-refractivity contribution in [2.24, 2.45) is 0 Å². The third-order valence-electron chi connectivity index (χ3n) is 1.80. The van der Waals surface area contributed by atoms with E-state index in [0.29, 0.717) is 11.3 Å². The number of amides is 1. The van der Waals surface area contributed by atoms with Crippen LogP contribution < -0.4 is 5.48 Å². The first-order valence-electron chi connectivity index (χ1n) is 4.56. The van der Waals surface area contributed by atoms with E-state index in [2.05, 4.69) is 9.82 Å². The molecule has 0 aliphatic heterocycles. The van der Waals surface area contributed by atoms with Crippen LogP contribution >= 0.6 is 0 Å². The third kappa shape index (κ3) is 3.55. The fraction of sp³-hybridized carbons (Fsp3) is 0.200. The van der Waals surface area contributed by atoms with Crippen LogP contribution in [0.2, 0.25) is 0 Å². The zero-order valence-electron chi connectivity index (χ0n) is 8.93. The smallest absolute Gasteiger partial charge is 0.332 e. The molecule has 7 nitrogen and oxygen atoms in total. The number of hydrogen-bond acceptors (Lipinski definition) is 5. The summed E-state index contributed by atoms with van der Waals surface area (Å²) in [5.74, 6) is -1.87. The minimum atomic E-state index is -1.20. The number of nitrogens with zero attached hydrogens (tertiary/aromatic N) is 2. The number of carbonyl (C=O) groups excluding carboxylic acids is 1. The Hall–Kier alpha value is -2.46. The zero-order chi connectivity index (χ0) is 12.8. The first-order chi connectivity index (χ1) is 8.04. The monoisotopic (exact) mass is 235 g/mol. The largest absolute Gasteiger partial charge is 0.479 e. The molecule has 0 aromatic carbocycles. The molecule has 1 aromatic rings. The van der Waals surface area contributed by atoms with Crippen molar-refractivity contribution in [3.05, 3.63) is 29.1 Å². The minimum absolute atomic E-state index is 0.0480. The summed E-state index contributed by atoms with van der Waals surface area (Å²) in [6.07, 6.45) is 0. The molecule has 0 saturated carbocycles. The average molecular weight is 235 g/mol. The van der Waals surface area contributed by atoms with Crippen LogP contribution in [0.4, 0.5) is 0 Å². The SMILES string of the molecule is Cc1nc(C(=O)NOCC(=O)O)ccc1C#N. The maximum Gasteiger partial charge on any atom is 0.332 e. The molecule has 0 radical (unpaired) electrons. The van der Waals surface area contributed by atoms with Crippen molar-refractivity contribution in [2.45, 2.75) is 6.92 Å². The Kier molecular flexibility index (Phi) is 4.14. The number of carboxylic acid groups (broad SMARTS) is 1. The summed E-state index contributed by atoms with van der Waals surface area (Å²) in [6, 6.07) is 4.72. The van der Waals surface area contributed by atoms with Crippen molar-refractivity contribution in [3.8, 4) is 6.07 Å². The molecule has 17 heavy (non-hydrogen) atoms.